The fourth-order valence-electron chi connectivity index (χ4n) is 4.01. The Bertz CT molecular complexity index is 1080. The SMILES string of the molecule is Cc1cc2[nH]c(Nc3c(Cl)cccc3Cl)nc2cc1C(=O)NC1CCC(C)(C)CC1. The molecule has 4 rings (SSSR count). The summed E-state index contributed by atoms with van der Waals surface area (Å²) in [5, 5.41) is 7.37. The number of carbonyl (C=O) groups excluding carboxylic acids is 1. The van der Waals surface area contributed by atoms with Crippen LogP contribution in [0.5, 0.6) is 0 Å². The highest BCUT2D eigenvalue weighted by atomic mass is 35.5. The zero-order valence-electron chi connectivity index (χ0n) is 17.4. The van der Waals surface area contributed by atoms with E-state index in [9.17, 15) is 4.79 Å². The molecule has 5 nitrogen and oxygen atoms in total. The second-order valence-corrected chi connectivity index (χ2v) is 9.72. The molecular weight excluding hydrogens is 419 g/mol. The molecule has 1 amide bonds. The van der Waals surface area contributed by atoms with Crippen LogP contribution in [0.2, 0.25) is 10.0 Å². The van der Waals surface area contributed by atoms with Crippen molar-refractivity contribution in [3.8, 4) is 0 Å². The van der Waals surface area contributed by atoms with E-state index in [-0.39, 0.29) is 11.9 Å². The van der Waals surface area contributed by atoms with E-state index >= 15 is 0 Å². The summed E-state index contributed by atoms with van der Waals surface area (Å²) in [5.74, 6) is 0.484. The van der Waals surface area contributed by atoms with Gasteiger partial charge in [-0.05, 0) is 67.9 Å². The molecule has 1 aliphatic carbocycles. The van der Waals surface area contributed by atoms with Crippen molar-refractivity contribution in [2.24, 2.45) is 5.41 Å². The smallest absolute Gasteiger partial charge is 0.251 e. The second kappa shape index (κ2) is 8.12. The molecule has 158 valence electrons. The molecular formula is C23H26Cl2N4O. The molecule has 3 aromatic rings. The molecule has 1 heterocycles. The van der Waals surface area contributed by atoms with Gasteiger partial charge in [0.2, 0.25) is 5.95 Å². The van der Waals surface area contributed by atoms with Gasteiger partial charge in [-0.1, -0.05) is 43.1 Å². The molecule has 0 atom stereocenters. The molecule has 2 aromatic carbocycles. The van der Waals surface area contributed by atoms with Crippen molar-refractivity contribution in [2.45, 2.75) is 52.5 Å². The third-order valence-electron chi connectivity index (χ3n) is 5.95. The Hall–Kier alpha value is -2.24. The number of fused-ring (bicyclic) bond motifs is 1. The predicted octanol–water partition coefficient (Wildman–Crippen LogP) is 6.62. The summed E-state index contributed by atoms with van der Waals surface area (Å²) in [4.78, 5) is 20.7. The zero-order valence-corrected chi connectivity index (χ0v) is 18.9. The Kier molecular flexibility index (Phi) is 5.69. The van der Waals surface area contributed by atoms with Crippen LogP contribution in [0.15, 0.2) is 30.3 Å². The van der Waals surface area contributed by atoms with Gasteiger partial charge in [-0.3, -0.25) is 4.79 Å². The van der Waals surface area contributed by atoms with E-state index in [1.54, 1.807) is 18.2 Å². The number of amides is 1. The van der Waals surface area contributed by atoms with Gasteiger partial charge in [0, 0.05) is 11.6 Å². The number of rotatable bonds is 4. The first-order valence-corrected chi connectivity index (χ1v) is 11.0. The molecule has 0 spiro atoms. The van der Waals surface area contributed by atoms with E-state index in [1.807, 2.05) is 19.1 Å². The minimum absolute atomic E-state index is 0.0363. The van der Waals surface area contributed by atoms with Gasteiger partial charge in [0.1, 0.15) is 0 Å². The quantitative estimate of drug-likeness (QED) is 0.423. The molecule has 3 N–H and O–H groups in total. The molecule has 0 bridgehead atoms. The highest BCUT2D eigenvalue weighted by molar-refractivity contribution is 6.39. The number of aromatic amines is 1. The maximum absolute atomic E-state index is 12.9. The van der Waals surface area contributed by atoms with E-state index in [4.69, 9.17) is 23.2 Å². The minimum Gasteiger partial charge on any atom is -0.349 e. The lowest BCUT2D eigenvalue weighted by Gasteiger charge is -2.34. The Morgan fingerprint density at radius 1 is 1.17 bits per heavy atom. The number of para-hydroxylation sites is 1. The number of anilines is 2. The fourth-order valence-corrected chi connectivity index (χ4v) is 4.50. The Morgan fingerprint density at radius 3 is 2.50 bits per heavy atom. The predicted molar refractivity (Wildman–Crippen MR) is 124 cm³/mol. The lowest BCUT2D eigenvalue weighted by molar-refractivity contribution is 0.0908. The summed E-state index contributed by atoms with van der Waals surface area (Å²) < 4.78 is 0. The van der Waals surface area contributed by atoms with Crippen molar-refractivity contribution in [1.29, 1.82) is 0 Å². The van der Waals surface area contributed by atoms with Crippen LogP contribution in [-0.4, -0.2) is 21.9 Å². The van der Waals surface area contributed by atoms with Crippen molar-refractivity contribution < 1.29 is 4.79 Å². The van der Waals surface area contributed by atoms with Crippen molar-refractivity contribution in [3.63, 3.8) is 0 Å². The molecule has 1 aliphatic rings. The first-order chi connectivity index (χ1) is 14.2. The average molecular weight is 445 g/mol. The van der Waals surface area contributed by atoms with Crippen LogP contribution >= 0.6 is 23.2 Å². The van der Waals surface area contributed by atoms with Gasteiger partial charge in [-0.15, -0.1) is 0 Å². The molecule has 0 saturated heterocycles. The molecule has 1 aromatic heterocycles. The molecule has 7 heteroatoms. The Balaban J connectivity index is 1.54. The van der Waals surface area contributed by atoms with Crippen LogP contribution in [0, 0.1) is 12.3 Å². The molecule has 0 unspecified atom stereocenters. The number of benzene rings is 2. The average Bonchev–Trinajstić information content (AvgIpc) is 3.07. The van der Waals surface area contributed by atoms with Gasteiger partial charge in [-0.2, -0.15) is 0 Å². The molecule has 0 aliphatic heterocycles. The van der Waals surface area contributed by atoms with Gasteiger partial charge in [0.15, 0.2) is 0 Å². The van der Waals surface area contributed by atoms with Gasteiger partial charge < -0.3 is 15.6 Å². The summed E-state index contributed by atoms with van der Waals surface area (Å²) in [5.41, 5.74) is 4.08. The lowest BCUT2D eigenvalue weighted by Crippen LogP contribution is -2.39. The van der Waals surface area contributed by atoms with E-state index in [1.165, 1.54) is 0 Å². The van der Waals surface area contributed by atoms with Crippen LogP contribution in [0.3, 0.4) is 0 Å². The maximum Gasteiger partial charge on any atom is 0.251 e. The van der Waals surface area contributed by atoms with Crippen molar-refractivity contribution in [3.05, 3.63) is 51.5 Å². The van der Waals surface area contributed by atoms with E-state index in [2.05, 4.69) is 34.4 Å². The van der Waals surface area contributed by atoms with Gasteiger partial charge in [-0.25, -0.2) is 4.98 Å². The number of hydrogen-bond donors (Lipinski definition) is 3. The number of halogens is 2. The molecule has 0 radical (unpaired) electrons. The first-order valence-electron chi connectivity index (χ1n) is 10.2. The Morgan fingerprint density at radius 2 is 1.83 bits per heavy atom. The van der Waals surface area contributed by atoms with Crippen LogP contribution in [0.4, 0.5) is 11.6 Å². The second-order valence-electron chi connectivity index (χ2n) is 8.90. The number of aryl methyl sites for hydroxylation is 1. The molecule has 1 fully saturated rings. The van der Waals surface area contributed by atoms with Crippen LogP contribution in [0.1, 0.15) is 55.5 Å². The highest BCUT2D eigenvalue weighted by Gasteiger charge is 2.28. The lowest BCUT2D eigenvalue weighted by atomic mass is 9.75. The monoisotopic (exact) mass is 444 g/mol. The third kappa shape index (κ3) is 4.42. The normalized spacial score (nSPS) is 16.6. The number of carbonyl (C=O) groups is 1. The fraction of sp³-hybridized carbons (Fsp3) is 0.391. The number of hydrogen-bond acceptors (Lipinski definition) is 3. The number of imidazole rings is 1. The summed E-state index contributed by atoms with van der Waals surface area (Å²) in [6, 6.07) is 9.33. The Labute approximate surface area is 186 Å². The van der Waals surface area contributed by atoms with Crippen molar-refractivity contribution >= 4 is 51.8 Å². The third-order valence-corrected chi connectivity index (χ3v) is 6.58. The first kappa shape index (κ1) is 21.0. The number of nitrogens with zero attached hydrogens (tertiary/aromatic N) is 1. The zero-order chi connectivity index (χ0) is 21.5. The molecule has 30 heavy (non-hydrogen) atoms. The van der Waals surface area contributed by atoms with Crippen molar-refractivity contribution in [2.75, 3.05) is 5.32 Å². The highest BCUT2D eigenvalue weighted by Crippen LogP contribution is 2.35. The van der Waals surface area contributed by atoms with Crippen LogP contribution in [-0.2, 0) is 0 Å². The number of aromatic nitrogens is 2. The number of nitrogens with one attached hydrogen (secondary N) is 3. The summed E-state index contributed by atoms with van der Waals surface area (Å²) in [6.07, 6.45) is 4.31. The van der Waals surface area contributed by atoms with E-state index < -0.39 is 0 Å². The summed E-state index contributed by atoms with van der Waals surface area (Å²) >= 11 is 12.5. The van der Waals surface area contributed by atoms with E-state index in [0.717, 1.165) is 36.8 Å². The number of H-pyrrole nitrogens is 1. The van der Waals surface area contributed by atoms with Gasteiger partial charge in [0.05, 0.1) is 26.8 Å². The van der Waals surface area contributed by atoms with E-state index in [0.29, 0.717) is 38.2 Å². The van der Waals surface area contributed by atoms with Crippen LogP contribution < -0.4 is 10.6 Å². The summed E-state index contributed by atoms with van der Waals surface area (Å²) in [6.45, 7) is 6.53. The standard InChI is InChI=1S/C23H26Cl2N4O/c1-13-11-18-19(28-22(27-18)29-20-16(24)5-4-6-17(20)25)12-15(13)21(30)26-14-7-9-23(2,3)10-8-14/h4-6,11-12,14H,7-10H2,1-3H3,(H,26,30)(H2,27,28,29). The molecule has 1 saturated carbocycles. The largest absolute Gasteiger partial charge is 0.349 e. The minimum atomic E-state index is -0.0363. The van der Waals surface area contributed by atoms with Gasteiger partial charge >= 0.3 is 0 Å². The van der Waals surface area contributed by atoms with Crippen molar-refractivity contribution in [1.82, 2.24) is 15.3 Å². The van der Waals surface area contributed by atoms with Crippen LogP contribution in [0.25, 0.3) is 11.0 Å². The topological polar surface area (TPSA) is 69.8 Å². The summed E-state index contributed by atoms with van der Waals surface area (Å²) in [7, 11) is 0. The maximum atomic E-state index is 12.9. The van der Waals surface area contributed by atoms with Gasteiger partial charge in [0.25, 0.3) is 5.91 Å².